The van der Waals surface area contributed by atoms with Crippen LogP contribution in [0.3, 0.4) is 0 Å². The maximum Gasteiger partial charge on any atom is 0.303 e. The van der Waals surface area contributed by atoms with Gasteiger partial charge >= 0.3 is 5.97 Å². The average molecular weight is 334 g/mol. The molecule has 21 heavy (non-hydrogen) atoms. The minimum absolute atomic E-state index is 0.0174. The SMILES string of the molecule is O=C(O)CC1(CS(=O)(=O)C2CCOC3(CCSC3)C2)CC1. The largest absolute Gasteiger partial charge is 0.481 e. The number of carbonyl (C=O) groups is 1. The Labute approximate surface area is 129 Å². The molecule has 0 aromatic heterocycles. The molecule has 3 aliphatic rings. The Bertz CT molecular complexity index is 517. The number of carboxylic acids is 1. The Kier molecular flexibility index (Phi) is 4.03. The highest BCUT2D eigenvalue weighted by Crippen LogP contribution is 2.51. The number of hydrogen-bond acceptors (Lipinski definition) is 5. The predicted octanol–water partition coefficient (Wildman–Crippen LogP) is 1.71. The maximum atomic E-state index is 12.7. The molecular formula is C14H22O5S2. The molecule has 0 aromatic rings. The van der Waals surface area contributed by atoms with E-state index in [0.717, 1.165) is 30.8 Å². The summed E-state index contributed by atoms with van der Waals surface area (Å²) in [7, 11) is -3.24. The second-order valence-corrected chi connectivity index (χ2v) is 10.2. The van der Waals surface area contributed by atoms with Crippen LogP contribution in [-0.2, 0) is 19.4 Å². The van der Waals surface area contributed by atoms with Crippen LogP contribution in [-0.4, -0.2) is 54.2 Å². The Morgan fingerprint density at radius 3 is 2.67 bits per heavy atom. The van der Waals surface area contributed by atoms with Crippen molar-refractivity contribution in [1.82, 2.24) is 0 Å². The first-order valence-electron chi connectivity index (χ1n) is 7.50. The fraction of sp³-hybridized carbons (Fsp3) is 0.929. The zero-order chi connectivity index (χ0) is 15.1. The van der Waals surface area contributed by atoms with E-state index in [4.69, 9.17) is 9.84 Å². The smallest absolute Gasteiger partial charge is 0.303 e. The van der Waals surface area contributed by atoms with Crippen LogP contribution in [0.4, 0.5) is 0 Å². The second kappa shape index (κ2) is 5.42. The van der Waals surface area contributed by atoms with Crippen molar-refractivity contribution < 1.29 is 23.1 Å². The summed E-state index contributed by atoms with van der Waals surface area (Å²) in [5.41, 5.74) is -0.731. The molecule has 0 bridgehead atoms. The summed E-state index contributed by atoms with van der Waals surface area (Å²) in [6, 6.07) is 0. The first kappa shape index (κ1) is 15.6. The zero-order valence-electron chi connectivity index (χ0n) is 12.0. The molecule has 0 amide bonds. The Balaban J connectivity index is 1.68. The fourth-order valence-electron chi connectivity index (χ4n) is 3.57. The Hall–Kier alpha value is -0.270. The lowest BCUT2D eigenvalue weighted by Crippen LogP contribution is -2.45. The van der Waals surface area contributed by atoms with Crippen LogP contribution in [0.15, 0.2) is 0 Å². The first-order chi connectivity index (χ1) is 9.85. The van der Waals surface area contributed by atoms with Gasteiger partial charge in [-0.05, 0) is 43.3 Å². The van der Waals surface area contributed by atoms with E-state index in [9.17, 15) is 13.2 Å². The van der Waals surface area contributed by atoms with Crippen molar-refractivity contribution in [3.05, 3.63) is 0 Å². The van der Waals surface area contributed by atoms with Gasteiger partial charge in [-0.25, -0.2) is 8.42 Å². The van der Waals surface area contributed by atoms with Crippen LogP contribution < -0.4 is 0 Å². The van der Waals surface area contributed by atoms with Crippen LogP contribution >= 0.6 is 11.8 Å². The quantitative estimate of drug-likeness (QED) is 0.824. The van der Waals surface area contributed by atoms with Crippen LogP contribution in [0.25, 0.3) is 0 Å². The number of rotatable bonds is 5. The van der Waals surface area contributed by atoms with Gasteiger partial charge in [-0.15, -0.1) is 0 Å². The van der Waals surface area contributed by atoms with E-state index in [1.54, 1.807) is 0 Å². The van der Waals surface area contributed by atoms with Gasteiger partial charge in [0.25, 0.3) is 0 Å². The normalized spacial score (nSPS) is 35.0. The lowest BCUT2D eigenvalue weighted by Gasteiger charge is -2.37. The van der Waals surface area contributed by atoms with Gasteiger partial charge in [-0.2, -0.15) is 11.8 Å². The molecule has 0 radical (unpaired) electrons. The van der Waals surface area contributed by atoms with Crippen molar-refractivity contribution in [2.75, 3.05) is 23.9 Å². The molecule has 3 fully saturated rings. The number of ether oxygens (including phenoxy) is 1. The Morgan fingerprint density at radius 1 is 1.33 bits per heavy atom. The summed E-state index contributed by atoms with van der Waals surface area (Å²) in [6.07, 6.45) is 3.51. The molecule has 3 rings (SSSR count). The van der Waals surface area contributed by atoms with Gasteiger partial charge in [-0.1, -0.05) is 0 Å². The van der Waals surface area contributed by atoms with E-state index in [1.165, 1.54) is 0 Å². The highest BCUT2D eigenvalue weighted by Gasteiger charge is 2.51. The zero-order valence-corrected chi connectivity index (χ0v) is 13.7. The molecule has 2 saturated heterocycles. The third-order valence-electron chi connectivity index (χ3n) is 5.01. The molecule has 2 aliphatic heterocycles. The molecule has 1 spiro atoms. The van der Waals surface area contributed by atoms with Gasteiger partial charge in [0.15, 0.2) is 9.84 Å². The van der Waals surface area contributed by atoms with Crippen molar-refractivity contribution in [2.24, 2.45) is 5.41 Å². The van der Waals surface area contributed by atoms with Gasteiger partial charge in [0.1, 0.15) is 0 Å². The second-order valence-electron chi connectivity index (χ2n) is 6.83. The average Bonchev–Trinajstić information content (AvgIpc) is 2.96. The molecular weight excluding hydrogens is 312 g/mol. The molecule has 2 unspecified atom stereocenters. The molecule has 5 nitrogen and oxygen atoms in total. The predicted molar refractivity (Wildman–Crippen MR) is 81.4 cm³/mol. The molecule has 7 heteroatoms. The van der Waals surface area contributed by atoms with Gasteiger partial charge in [-0.3, -0.25) is 4.79 Å². The first-order valence-corrected chi connectivity index (χ1v) is 10.4. The summed E-state index contributed by atoms with van der Waals surface area (Å²) < 4.78 is 31.3. The van der Waals surface area contributed by atoms with Gasteiger partial charge in [0.2, 0.25) is 0 Å². The lowest BCUT2D eigenvalue weighted by molar-refractivity contribution is -0.138. The van der Waals surface area contributed by atoms with Crippen LogP contribution in [0.2, 0.25) is 0 Å². The molecule has 0 aromatic carbocycles. The number of thioether (sulfide) groups is 1. The summed E-state index contributed by atoms with van der Waals surface area (Å²) in [4.78, 5) is 10.9. The van der Waals surface area contributed by atoms with Gasteiger partial charge in [0, 0.05) is 12.4 Å². The molecule has 2 atom stereocenters. The van der Waals surface area contributed by atoms with E-state index in [-0.39, 0.29) is 23.0 Å². The Morgan fingerprint density at radius 2 is 2.10 bits per heavy atom. The van der Waals surface area contributed by atoms with E-state index in [2.05, 4.69) is 0 Å². The molecule has 120 valence electrons. The van der Waals surface area contributed by atoms with E-state index < -0.39 is 21.2 Å². The summed E-state index contributed by atoms with van der Waals surface area (Å²) >= 11 is 1.83. The van der Waals surface area contributed by atoms with Crippen LogP contribution in [0, 0.1) is 5.41 Å². The van der Waals surface area contributed by atoms with Crippen molar-refractivity contribution in [1.29, 1.82) is 0 Å². The van der Waals surface area contributed by atoms with Crippen molar-refractivity contribution >= 4 is 27.6 Å². The molecule has 2 heterocycles. The number of aliphatic carboxylic acids is 1. The minimum Gasteiger partial charge on any atom is -0.481 e. The monoisotopic (exact) mass is 334 g/mol. The highest BCUT2D eigenvalue weighted by molar-refractivity contribution is 7.99. The summed E-state index contributed by atoms with van der Waals surface area (Å²) in [5, 5.41) is 8.60. The lowest BCUT2D eigenvalue weighted by atomic mass is 9.93. The van der Waals surface area contributed by atoms with Crippen molar-refractivity contribution in [2.45, 2.75) is 49.4 Å². The van der Waals surface area contributed by atoms with Gasteiger partial charge < -0.3 is 9.84 Å². The molecule has 1 aliphatic carbocycles. The summed E-state index contributed by atoms with van der Waals surface area (Å²) in [6.45, 7) is 0.510. The molecule has 1 N–H and O–H groups in total. The topological polar surface area (TPSA) is 80.7 Å². The van der Waals surface area contributed by atoms with Crippen molar-refractivity contribution in [3.63, 3.8) is 0 Å². The van der Waals surface area contributed by atoms with Crippen LogP contribution in [0.1, 0.15) is 38.5 Å². The minimum atomic E-state index is -3.24. The number of sulfone groups is 1. The number of carboxylic acid groups (broad SMARTS) is 1. The standard InChI is InChI=1S/C14H22O5S2/c15-12(16)8-13(2-3-13)10-21(17,18)11-1-5-19-14(7-11)4-6-20-9-14/h11H,1-10H2,(H,15,16). The van der Waals surface area contributed by atoms with Crippen LogP contribution in [0.5, 0.6) is 0 Å². The molecule has 1 saturated carbocycles. The number of hydrogen-bond donors (Lipinski definition) is 1. The maximum absolute atomic E-state index is 12.7. The van der Waals surface area contributed by atoms with E-state index in [0.29, 0.717) is 19.4 Å². The fourth-order valence-corrected chi connectivity index (χ4v) is 7.44. The highest BCUT2D eigenvalue weighted by atomic mass is 32.2. The third kappa shape index (κ3) is 3.40. The van der Waals surface area contributed by atoms with Gasteiger partial charge in [0.05, 0.1) is 23.0 Å². The van der Waals surface area contributed by atoms with E-state index >= 15 is 0 Å². The van der Waals surface area contributed by atoms with E-state index in [1.807, 2.05) is 11.8 Å². The summed E-state index contributed by atoms with van der Waals surface area (Å²) in [5.74, 6) is 1.08. The van der Waals surface area contributed by atoms with Crippen molar-refractivity contribution in [3.8, 4) is 0 Å². The third-order valence-corrected chi connectivity index (χ3v) is 8.67.